The molecule has 8 heteroatoms. The van der Waals surface area contributed by atoms with Gasteiger partial charge in [-0.25, -0.2) is 0 Å². The Labute approximate surface area is 69.6 Å². The Hall–Kier alpha value is -1.10. The van der Waals surface area contributed by atoms with Crippen LogP contribution >= 0.6 is 11.3 Å². The highest BCUT2D eigenvalue weighted by atomic mass is 32.1. The largest absolute Gasteiger partial charge is 0.673 e. The molecule has 12 heavy (non-hydrogen) atoms. The SMILES string of the molecule is F[B-](F)(F)F.N#[N+]c1cccs1. The average molecular weight is 198 g/mol. The van der Waals surface area contributed by atoms with Gasteiger partial charge < -0.3 is 17.3 Å². The maximum absolute atomic E-state index is 9.75. The number of nitrogens with zero attached hydrogens (tertiary/aromatic N) is 2. The standard InChI is InChI=1S/C4H3N2S.BF4/c5-6-4-2-1-3-7-4;2-1(3,4)5/h1-3H;/q+1;-1. The molecule has 0 saturated carbocycles. The van der Waals surface area contributed by atoms with Gasteiger partial charge in [-0.1, -0.05) is 11.3 Å². The summed E-state index contributed by atoms with van der Waals surface area (Å²) in [6.45, 7) is 0. The molecule has 0 aliphatic carbocycles. The summed E-state index contributed by atoms with van der Waals surface area (Å²) >= 11 is 1.41. The van der Waals surface area contributed by atoms with Gasteiger partial charge in [0.1, 0.15) is 0 Å². The molecule has 0 N–H and O–H groups in total. The van der Waals surface area contributed by atoms with Crippen molar-refractivity contribution in [2.45, 2.75) is 0 Å². The van der Waals surface area contributed by atoms with Crippen molar-refractivity contribution >= 4 is 23.6 Å². The summed E-state index contributed by atoms with van der Waals surface area (Å²) < 4.78 is 39.0. The zero-order chi connectivity index (χ0) is 9.61. The van der Waals surface area contributed by atoms with Gasteiger partial charge in [0.15, 0.2) is 4.98 Å². The maximum atomic E-state index is 9.75. The molecule has 1 heterocycles. The Bertz CT molecular complexity index is 245. The van der Waals surface area contributed by atoms with Crippen LogP contribution in [-0.2, 0) is 0 Å². The lowest BCUT2D eigenvalue weighted by Crippen LogP contribution is -2.02. The Morgan fingerprint density at radius 1 is 1.33 bits per heavy atom. The number of hydrogen-bond donors (Lipinski definition) is 0. The average Bonchev–Trinajstić information content (AvgIpc) is 2.33. The molecule has 0 spiro atoms. The zero-order valence-corrected chi connectivity index (χ0v) is 6.44. The topological polar surface area (TPSA) is 28.1 Å². The van der Waals surface area contributed by atoms with Crippen molar-refractivity contribution in [1.82, 2.24) is 0 Å². The van der Waals surface area contributed by atoms with Crippen molar-refractivity contribution in [2.75, 3.05) is 0 Å². The van der Waals surface area contributed by atoms with Crippen LogP contribution < -0.4 is 0 Å². The van der Waals surface area contributed by atoms with E-state index in [2.05, 4.69) is 4.98 Å². The molecule has 0 fully saturated rings. The van der Waals surface area contributed by atoms with Gasteiger partial charge in [-0.05, 0) is 11.4 Å². The highest BCUT2D eigenvalue weighted by Gasteiger charge is 2.20. The Kier molecular flexibility index (Phi) is 4.29. The summed E-state index contributed by atoms with van der Waals surface area (Å²) in [5.41, 5.74) is 0. The third-order valence-electron chi connectivity index (χ3n) is 0.605. The minimum atomic E-state index is -6.00. The van der Waals surface area contributed by atoms with Crippen molar-refractivity contribution in [1.29, 1.82) is 5.39 Å². The fraction of sp³-hybridized carbons (Fsp3) is 0. The van der Waals surface area contributed by atoms with Crippen LogP contribution in [0, 0.1) is 5.39 Å². The monoisotopic (exact) mass is 198 g/mol. The van der Waals surface area contributed by atoms with E-state index < -0.39 is 7.25 Å². The molecule has 0 bridgehead atoms. The van der Waals surface area contributed by atoms with Crippen LogP contribution in [0.1, 0.15) is 0 Å². The van der Waals surface area contributed by atoms with Crippen LogP contribution in [-0.4, -0.2) is 7.25 Å². The number of thiophene rings is 1. The Morgan fingerprint density at radius 2 is 1.83 bits per heavy atom. The lowest BCUT2D eigenvalue weighted by molar-refractivity contribution is 0.368. The third kappa shape index (κ3) is 8.90. The molecular formula is C4H3BF4N2S. The molecular weight excluding hydrogens is 195 g/mol. The van der Waals surface area contributed by atoms with Crippen LogP contribution in [0.2, 0.25) is 0 Å². The van der Waals surface area contributed by atoms with Crippen LogP contribution in [0.5, 0.6) is 0 Å². The van der Waals surface area contributed by atoms with Gasteiger partial charge in [-0.2, -0.15) is 0 Å². The first kappa shape index (κ1) is 10.9. The summed E-state index contributed by atoms with van der Waals surface area (Å²) in [5.74, 6) is 0. The molecule has 1 aromatic heterocycles. The van der Waals surface area contributed by atoms with Crippen molar-refractivity contribution in [3.63, 3.8) is 0 Å². The molecule has 2 nitrogen and oxygen atoms in total. The van der Waals surface area contributed by atoms with E-state index >= 15 is 0 Å². The first-order valence-corrected chi connectivity index (χ1v) is 3.57. The first-order valence-electron chi connectivity index (χ1n) is 2.69. The third-order valence-corrected chi connectivity index (χ3v) is 1.36. The molecule has 0 amide bonds. The molecule has 1 rings (SSSR count). The van der Waals surface area contributed by atoms with E-state index in [9.17, 15) is 17.3 Å². The number of rotatable bonds is 0. The second-order valence-corrected chi connectivity index (χ2v) is 2.47. The lowest BCUT2D eigenvalue weighted by atomic mass is 10.3. The van der Waals surface area contributed by atoms with Crippen LogP contribution in [0.4, 0.5) is 22.3 Å². The van der Waals surface area contributed by atoms with E-state index in [1.165, 1.54) is 11.3 Å². The molecule has 0 atom stereocenters. The summed E-state index contributed by atoms with van der Waals surface area (Å²) in [6.07, 6.45) is 0. The Morgan fingerprint density at radius 3 is 2.00 bits per heavy atom. The highest BCUT2D eigenvalue weighted by Crippen LogP contribution is 2.17. The number of diazo groups is 1. The second kappa shape index (κ2) is 4.72. The zero-order valence-electron chi connectivity index (χ0n) is 5.62. The fourth-order valence-corrected chi connectivity index (χ4v) is 0.828. The van der Waals surface area contributed by atoms with Gasteiger partial charge >= 0.3 is 12.3 Å². The molecule has 0 saturated heterocycles. The van der Waals surface area contributed by atoms with E-state index in [0.29, 0.717) is 5.00 Å². The smallest absolute Gasteiger partial charge is 0.418 e. The molecule has 0 radical (unpaired) electrons. The van der Waals surface area contributed by atoms with Gasteiger partial charge in [-0.15, -0.1) is 0 Å². The lowest BCUT2D eigenvalue weighted by Gasteiger charge is -1.94. The molecule has 66 valence electrons. The van der Waals surface area contributed by atoms with Gasteiger partial charge in [0.25, 0.3) is 0 Å². The van der Waals surface area contributed by atoms with Crippen molar-refractivity contribution in [3.8, 4) is 0 Å². The number of halogens is 4. The van der Waals surface area contributed by atoms with Crippen molar-refractivity contribution in [2.24, 2.45) is 0 Å². The molecule has 1 aromatic rings. The van der Waals surface area contributed by atoms with E-state index in [1.807, 2.05) is 11.4 Å². The first-order chi connectivity index (χ1) is 5.43. The van der Waals surface area contributed by atoms with Gasteiger partial charge in [0, 0.05) is 6.07 Å². The molecule has 0 aliphatic rings. The maximum Gasteiger partial charge on any atom is 0.673 e. The predicted molar refractivity (Wildman–Crippen MR) is 39.2 cm³/mol. The van der Waals surface area contributed by atoms with E-state index in [4.69, 9.17) is 5.39 Å². The molecule has 0 unspecified atom stereocenters. The van der Waals surface area contributed by atoms with Crippen LogP contribution in [0.25, 0.3) is 4.98 Å². The van der Waals surface area contributed by atoms with E-state index in [-0.39, 0.29) is 0 Å². The van der Waals surface area contributed by atoms with Crippen molar-refractivity contribution < 1.29 is 17.3 Å². The van der Waals surface area contributed by atoms with Crippen LogP contribution in [0.3, 0.4) is 0 Å². The minimum Gasteiger partial charge on any atom is -0.418 e. The summed E-state index contributed by atoms with van der Waals surface area (Å²) in [7, 11) is -6.00. The minimum absolute atomic E-state index is 0.653. The normalized spacial score (nSPS) is 9.58. The van der Waals surface area contributed by atoms with Crippen molar-refractivity contribution in [3.05, 3.63) is 22.5 Å². The Balaban J connectivity index is 0.000000217. The second-order valence-electron chi connectivity index (χ2n) is 1.55. The summed E-state index contributed by atoms with van der Waals surface area (Å²) in [5, 5.41) is 10.6. The van der Waals surface area contributed by atoms with Gasteiger partial charge in [0.05, 0.1) is 0 Å². The number of hydrogen-bond acceptors (Lipinski definition) is 2. The predicted octanol–water partition coefficient (Wildman–Crippen LogP) is 3.53. The van der Waals surface area contributed by atoms with Gasteiger partial charge in [-0.3, -0.25) is 0 Å². The molecule has 0 aliphatic heterocycles. The van der Waals surface area contributed by atoms with Gasteiger partial charge in [0.2, 0.25) is 5.39 Å². The molecule has 0 aromatic carbocycles. The van der Waals surface area contributed by atoms with Crippen LogP contribution in [0.15, 0.2) is 17.5 Å². The fourth-order valence-electron chi connectivity index (χ4n) is 0.327. The van der Waals surface area contributed by atoms with E-state index in [0.717, 1.165) is 0 Å². The highest BCUT2D eigenvalue weighted by molar-refractivity contribution is 7.14. The summed E-state index contributed by atoms with van der Waals surface area (Å²) in [6, 6.07) is 3.57. The quantitative estimate of drug-likeness (QED) is 0.356. The van der Waals surface area contributed by atoms with E-state index in [1.54, 1.807) is 6.07 Å². The summed E-state index contributed by atoms with van der Waals surface area (Å²) in [4.78, 5) is 2.95.